The second-order valence-corrected chi connectivity index (χ2v) is 7.11. The van der Waals surface area contributed by atoms with E-state index >= 15 is 0 Å². The van der Waals surface area contributed by atoms with Gasteiger partial charge in [-0.15, -0.1) is 0 Å². The van der Waals surface area contributed by atoms with Crippen LogP contribution in [0.5, 0.6) is 0 Å². The number of nitrogens with two attached hydrogens (primary N) is 1. The molecule has 0 bridgehead atoms. The van der Waals surface area contributed by atoms with Crippen LogP contribution in [0.3, 0.4) is 0 Å². The summed E-state index contributed by atoms with van der Waals surface area (Å²) in [5.74, 6) is -0.673. The molecule has 1 aliphatic rings. The summed E-state index contributed by atoms with van der Waals surface area (Å²) in [5.41, 5.74) is 9.44. The normalized spacial score (nSPS) is 17.2. The summed E-state index contributed by atoms with van der Waals surface area (Å²) in [6.07, 6.45) is -0.131. The van der Waals surface area contributed by atoms with Crippen LogP contribution in [0.4, 0.5) is 4.39 Å². The van der Waals surface area contributed by atoms with Gasteiger partial charge in [-0.05, 0) is 42.0 Å². The molecule has 1 saturated heterocycles. The van der Waals surface area contributed by atoms with Crippen molar-refractivity contribution in [3.05, 3.63) is 89.4 Å². The summed E-state index contributed by atoms with van der Waals surface area (Å²) < 4.78 is 19.1. The number of nitrogens with zero attached hydrogens (tertiary/aromatic N) is 2. The van der Waals surface area contributed by atoms with E-state index in [0.29, 0.717) is 18.7 Å². The number of carbonyl (C=O) groups is 1. The first-order chi connectivity index (χ1) is 14.1. The van der Waals surface area contributed by atoms with Crippen molar-refractivity contribution >= 4 is 5.91 Å². The van der Waals surface area contributed by atoms with Crippen LogP contribution in [-0.2, 0) is 11.3 Å². The van der Waals surface area contributed by atoms with Crippen LogP contribution in [0.2, 0.25) is 0 Å². The molecule has 1 aliphatic heterocycles. The number of rotatable bonds is 5. The molecular formula is C23H22FN3O2. The Balaban J connectivity index is 1.48. The van der Waals surface area contributed by atoms with Crippen molar-refractivity contribution in [2.24, 2.45) is 5.73 Å². The Morgan fingerprint density at radius 2 is 1.86 bits per heavy atom. The zero-order chi connectivity index (χ0) is 20.2. The van der Waals surface area contributed by atoms with Gasteiger partial charge in [-0.3, -0.25) is 14.7 Å². The van der Waals surface area contributed by atoms with Gasteiger partial charge in [0.05, 0.1) is 18.0 Å². The van der Waals surface area contributed by atoms with Crippen LogP contribution in [0.1, 0.15) is 27.7 Å². The number of benzene rings is 2. The van der Waals surface area contributed by atoms with Gasteiger partial charge >= 0.3 is 0 Å². The Labute approximate surface area is 168 Å². The fourth-order valence-corrected chi connectivity index (χ4v) is 3.47. The number of amides is 1. The van der Waals surface area contributed by atoms with Crippen molar-refractivity contribution in [1.29, 1.82) is 0 Å². The van der Waals surface area contributed by atoms with Crippen LogP contribution in [0.25, 0.3) is 11.3 Å². The van der Waals surface area contributed by atoms with E-state index in [-0.39, 0.29) is 11.9 Å². The predicted octanol–water partition coefficient (Wildman–Crippen LogP) is 3.56. The molecule has 6 heteroatoms. The molecule has 1 aromatic heterocycles. The quantitative estimate of drug-likeness (QED) is 0.722. The van der Waals surface area contributed by atoms with Crippen LogP contribution >= 0.6 is 0 Å². The highest BCUT2D eigenvalue weighted by molar-refractivity contribution is 5.93. The number of ether oxygens (including phenoxy) is 1. The van der Waals surface area contributed by atoms with Crippen LogP contribution in [0, 0.1) is 5.82 Å². The lowest BCUT2D eigenvalue weighted by molar-refractivity contribution is -0.0349. The van der Waals surface area contributed by atoms with Gasteiger partial charge in [0.2, 0.25) is 5.91 Å². The minimum absolute atomic E-state index is 0.131. The van der Waals surface area contributed by atoms with Gasteiger partial charge < -0.3 is 10.5 Å². The Morgan fingerprint density at radius 1 is 1.10 bits per heavy atom. The monoisotopic (exact) mass is 391 g/mol. The van der Waals surface area contributed by atoms with Gasteiger partial charge in [0.1, 0.15) is 11.9 Å². The zero-order valence-corrected chi connectivity index (χ0v) is 15.9. The number of halogens is 1. The molecule has 2 aromatic carbocycles. The summed E-state index contributed by atoms with van der Waals surface area (Å²) in [5, 5.41) is 0. The van der Waals surface area contributed by atoms with E-state index in [4.69, 9.17) is 15.5 Å². The molecule has 0 radical (unpaired) electrons. The van der Waals surface area contributed by atoms with Crippen molar-refractivity contribution in [2.45, 2.75) is 12.6 Å². The van der Waals surface area contributed by atoms with E-state index in [0.717, 1.165) is 35.6 Å². The molecule has 1 fully saturated rings. The Morgan fingerprint density at radius 3 is 2.59 bits per heavy atom. The summed E-state index contributed by atoms with van der Waals surface area (Å²) >= 11 is 0. The number of carbonyl (C=O) groups excluding carboxylic acids is 1. The molecule has 2 heterocycles. The van der Waals surface area contributed by atoms with Gasteiger partial charge in [0.15, 0.2) is 0 Å². The molecule has 1 atom stereocenters. The van der Waals surface area contributed by atoms with Crippen molar-refractivity contribution in [1.82, 2.24) is 9.88 Å². The second kappa shape index (κ2) is 8.51. The van der Waals surface area contributed by atoms with E-state index in [2.05, 4.69) is 4.90 Å². The number of pyridine rings is 1. The highest BCUT2D eigenvalue weighted by Gasteiger charge is 2.23. The Bertz CT molecular complexity index is 990. The molecule has 1 amide bonds. The van der Waals surface area contributed by atoms with E-state index in [9.17, 15) is 9.18 Å². The van der Waals surface area contributed by atoms with Crippen molar-refractivity contribution in [2.75, 3.05) is 19.7 Å². The number of hydrogen-bond acceptors (Lipinski definition) is 4. The number of primary amides is 1. The summed E-state index contributed by atoms with van der Waals surface area (Å²) in [6.45, 7) is 2.90. The molecule has 4 rings (SSSR count). The molecular weight excluding hydrogens is 369 g/mol. The lowest BCUT2D eigenvalue weighted by Crippen LogP contribution is -2.38. The third-order valence-electron chi connectivity index (χ3n) is 5.04. The molecule has 29 heavy (non-hydrogen) atoms. The van der Waals surface area contributed by atoms with E-state index in [1.807, 2.05) is 42.5 Å². The number of morpholine rings is 1. The third-order valence-corrected chi connectivity index (χ3v) is 5.04. The average Bonchev–Trinajstić information content (AvgIpc) is 2.76. The molecule has 5 nitrogen and oxygen atoms in total. The first-order valence-corrected chi connectivity index (χ1v) is 9.54. The standard InChI is InChI=1S/C23H22FN3O2/c24-19-10-4-16(5-11-19)14-27-12-13-29-22(15-27)21-3-1-2-20(26-21)17-6-8-18(9-7-17)23(25)28/h1-11,22H,12-15H2,(H2,25,28)/t22-/m0/s1. The minimum Gasteiger partial charge on any atom is -0.369 e. The molecule has 3 aromatic rings. The maximum Gasteiger partial charge on any atom is 0.248 e. The average molecular weight is 391 g/mol. The SMILES string of the molecule is NC(=O)c1ccc(-c2cccc([C@@H]3CN(Cc4ccc(F)cc4)CCO3)n2)cc1. The molecule has 0 spiro atoms. The fraction of sp³-hybridized carbons (Fsp3) is 0.217. The van der Waals surface area contributed by atoms with Crippen LogP contribution in [0.15, 0.2) is 66.7 Å². The van der Waals surface area contributed by atoms with E-state index in [1.165, 1.54) is 12.1 Å². The molecule has 2 N–H and O–H groups in total. The molecule has 148 valence electrons. The van der Waals surface area contributed by atoms with Crippen molar-refractivity contribution in [3.8, 4) is 11.3 Å². The van der Waals surface area contributed by atoms with E-state index < -0.39 is 5.91 Å². The van der Waals surface area contributed by atoms with Crippen molar-refractivity contribution in [3.63, 3.8) is 0 Å². The number of aromatic nitrogens is 1. The van der Waals surface area contributed by atoms with Gasteiger partial charge in [-0.1, -0.05) is 30.3 Å². The van der Waals surface area contributed by atoms with Crippen molar-refractivity contribution < 1.29 is 13.9 Å². The smallest absolute Gasteiger partial charge is 0.248 e. The largest absolute Gasteiger partial charge is 0.369 e. The van der Waals surface area contributed by atoms with Crippen LogP contribution < -0.4 is 5.73 Å². The third kappa shape index (κ3) is 4.67. The highest BCUT2D eigenvalue weighted by Crippen LogP contribution is 2.25. The Kier molecular flexibility index (Phi) is 5.64. The van der Waals surface area contributed by atoms with Gasteiger partial charge in [-0.25, -0.2) is 4.39 Å². The predicted molar refractivity (Wildman–Crippen MR) is 109 cm³/mol. The van der Waals surface area contributed by atoms with Gasteiger partial charge in [-0.2, -0.15) is 0 Å². The first-order valence-electron chi connectivity index (χ1n) is 9.54. The fourth-order valence-electron chi connectivity index (χ4n) is 3.47. The summed E-state index contributed by atoms with van der Waals surface area (Å²) in [6, 6.07) is 19.5. The maximum atomic E-state index is 13.1. The lowest BCUT2D eigenvalue weighted by Gasteiger charge is -2.32. The second-order valence-electron chi connectivity index (χ2n) is 7.11. The minimum atomic E-state index is -0.449. The van der Waals surface area contributed by atoms with Crippen LogP contribution in [-0.4, -0.2) is 35.5 Å². The topological polar surface area (TPSA) is 68.5 Å². The highest BCUT2D eigenvalue weighted by atomic mass is 19.1. The van der Waals surface area contributed by atoms with Gasteiger partial charge in [0.25, 0.3) is 0 Å². The Hall–Kier alpha value is -3.09. The molecule has 0 unspecified atom stereocenters. The number of hydrogen-bond donors (Lipinski definition) is 1. The van der Waals surface area contributed by atoms with E-state index in [1.54, 1.807) is 12.1 Å². The molecule has 0 aliphatic carbocycles. The first kappa shape index (κ1) is 19.2. The summed E-state index contributed by atoms with van der Waals surface area (Å²) in [7, 11) is 0. The summed E-state index contributed by atoms with van der Waals surface area (Å²) in [4.78, 5) is 18.3. The maximum absolute atomic E-state index is 13.1. The molecule has 0 saturated carbocycles. The lowest BCUT2D eigenvalue weighted by atomic mass is 10.1. The zero-order valence-electron chi connectivity index (χ0n) is 15.9. The van der Waals surface area contributed by atoms with Gasteiger partial charge in [0, 0.05) is 30.8 Å².